The zero-order valence-corrected chi connectivity index (χ0v) is 15.6. The number of rotatable bonds is 17. The Morgan fingerprint density at radius 1 is 0.783 bits per heavy atom. The smallest absolute Gasteiger partial charge is 0.305 e. The first kappa shape index (κ1) is 22.4. The van der Waals surface area contributed by atoms with Crippen LogP contribution in [0.5, 0.6) is 0 Å². The number of ether oxygens (including phenoxy) is 3. The number of hydrogen-bond donors (Lipinski definition) is 0. The largest absolute Gasteiger partial charge is 0.466 e. The molecule has 0 aromatic heterocycles. The van der Waals surface area contributed by atoms with Gasteiger partial charge in [-0.15, -0.1) is 0 Å². The minimum Gasteiger partial charge on any atom is -0.466 e. The summed E-state index contributed by atoms with van der Waals surface area (Å²) in [7, 11) is 0. The maximum atomic E-state index is 11.5. The zero-order valence-electron chi connectivity index (χ0n) is 15.6. The van der Waals surface area contributed by atoms with Crippen LogP contribution in [0.3, 0.4) is 0 Å². The predicted molar refractivity (Wildman–Crippen MR) is 94.7 cm³/mol. The molecule has 0 aromatic rings. The van der Waals surface area contributed by atoms with Crippen molar-refractivity contribution in [2.75, 3.05) is 26.4 Å². The first-order valence-corrected chi connectivity index (χ1v) is 9.51. The third-order valence-electron chi connectivity index (χ3n) is 3.61. The molecule has 0 saturated heterocycles. The van der Waals surface area contributed by atoms with Crippen molar-refractivity contribution in [1.82, 2.24) is 0 Å². The average molecular weight is 331 g/mol. The molecule has 0 aliphatic carbocycles. The van der Waals surface area contributed by atoms with E-state index in [4.69, 9.17) is 14.2 Å². The molecule has 0 amide bonds. The SMILES string of the molecule is CCCCCCCCCCOC(=O)CCCOCCOC(C)C. The number of unbranched alkanes of at least 4 members (excludes halogenated alkanes) is 7. The third kappa shape index (κ3) is 19.3. The molecule has 0 aliphatic heterocycles. The molecule has 0 heterocycles. The van der Waals surface area contributed by atoms with E-state index < -0.39 is 0 Å². The second-order valence-electron chi connectivity index (χ2n) is 6.33. The molecule has 0 radical (unpaired) electrons. The van der Waals surface area contributed by atoms with Crippen LogP contribution in [0.15, 0.2) is 0 Å². The van der Waals surface area contributed by atoms with Crippen molar-refractivity contribution in [2.45, 2.75) is 91.1 Å². The summed E-state index contributed by atoms with van der Waals surface area (Å²) in [6.45, 7) is 8.60. The number of carbonyl (C=O) groups excluding carboxylic acids is 1. The van der Waals surface area contributed by atoms with Crippen LogP contribution in [0.25, 0.3) is 0 Å². The Morgan fingerprint density at radius 3 is 2.09 bits per heavy atom. The molecule has 0 aliphatic rings. The summed E-state index contributed by atoms with van der Waals surface area (Å²) in [4.78, 5) is 11.5. The lowest BCUT2D eigenvalue weighted by Crippen LogP contribution is -2.11. The summed E-state index contributed by atoms with van der Waals surface area (Å²) in [6, 6.07) is 0. The quantitative estimate of drug-likeness (QED) is 0.281. The standard InChI is InChI=1S/C19H38O4/c1-4-5-6-7-8-9-10-11-15-23-19(20)13-12-14-21-16-17-22-18(2)3/h18H,4-17H2,1-3H3. The van der Waals surface area contributed by atoms with Gasteiger partial charge in [-0.2, -0.15) is 0 Å². The third-order valence-corrected chi connectivity index (χ3v) is 3.61. The van der Waals surface area contributed by atoms with Gasteiger partial charge in [-0.25, -0.2) is 0 Å². The Bertz CT molecular complexity index is 254. The molecule has 0 atom stereocenters. The molecule has 0 bridgehead atoms. The molecule has 0 rings (SSSR count). The van der Waals surface area contributed by atoms with Crippen LogP contribution >= 0.6 is 0 Å². The van der Waals surface area contributed by atoms with Gasteiger partial charge in [-0.05, 0) is 26.7 Å². The van der Waals surface area contributed by atoms with Crippen LogP contribution in [0, 0.1) is 0 Å². The van der Waals surface area contributed by atoms with Crippen LogP contribution < -0.4 is 0 Å². The molecule has 0 aromatic carbocycles. The minimum atomic E-state index is -0.102. The van der Waals surface area contributed by atoms with Gasteiger partial charge in [0.2, 0.25) is 0 Å². The molecule has 0 saturated carbocycles. The van der Waals surface area contributed by atoms with E-state index in [1.165, 1.54) is 44.9 Å². The van der Waals surface area contributed by atoms with Gasteiger partial charge in [-0.3, -0.25) is 4.79 Å². The predicted octanol–water partition coefficient (Wildman–Crippen LogP) is 4.89. The molecule has 4 nitrogen and oxygen atoms in total. The highest BCUT2D eigenvalue weighted by Crippen LogP contribution is 2.08. The molecule has 0 N–H and O–H groups in total. The van der Waals surface area contributed by atoms with E-state index in [9.17, 15) is 4.79 Å². The molecule has 0 unspecified atom stereocenters. The fraction of sp³-hybridized carbons (Fsp3) is 0.947. The van der Waals surface area contributed by atoms with Crippen molar-refractivity contribution in [3.63, 3.8) is 0 Å². The highest BCUT2D eigenvalue weighted by molar-refractivity contribution is 5.69. The van der Waals surface area contributed by atoms with Gasteiger partial charge in [0.05, 0.1) is 25.9 Å². The Balaban J connectivity index is 3.16. The normalized spacial score (nSPS) is 11.1. The summed E-state index contributed by atoms with van der Waals surface area (Å²) in [5, 5.41) is 0. The Hall–Kier alpha value is -0.610. The number of carbonyl (C=O) groups is 1. The number of esters is 1. The Morgan fingerprint density at radius 2 is 1.43 bits per heavy atom. The van der Waals surface area contributed by atoms with Gasteiger partial charge < -0.3 is 14.2 Å². The summed E-state index contributed by atoms with van der Waals surface area (Å²) in [5.74, 6) is -0.102. The van der Waals surface area contributed by atoms with E-state index >= 15 is 0 Å². The van der Waals surface area contributed by atoms with Crippen molar-refractivity contribution in [3.8, 4) is 0 Å². The van der Waals surface area contributed by atoms with Gasteiger partial charge in [0.25, 0.3) is 0 Å². The second-order valence-corrected chi connectivity index (χ2v) is 6.33. The van der Waals surface area contributed by atoms with Gasteiger partial charge in [0.15, 0.2) is 0 Å². The fourth-order valence-electron chi connectivity index (χ4n) is 2.26. The van der Waals surface area contributed by atoms with Crippen molar-refractivity contribution in [2.24, 2.45) is 0 Å². The maximum absolute atomic E-state index is 11.5. The van der Waals surface area contributed by atoms with Crippen molar-refractivity contribution in [1.29, 1.82) is 0 Å². The van der Waals surface area contributed by atoms with Crippen molar-refractivity contribution in [3.05, 3.63) is 0 Å². The Kier molecular flexibility index (Phi) is 17.3. The van der Waals surface area contributed by atoms with Gasteiger partial charge in [0, 0.05) is 13.0 Å². The zero-order chi connectivity index (χ0) is 17.2. The average Bonchev–Trinajstić information content (AvgIpc) is 2.52. The second kappa shape index (κ2) is 17.7. The van der Waals surface area contributed by atoms with Crippen LogP contribution in [-0.4, -0.2) is 38.5 Å². The van der Waals surface area contributed by atoms with Crippen LogP contribution in [0.4, 0.5) is 0 Å². The van der Waals surface area contributed by atoms with E-state index in [1.807, 2.05) is 13.8 Å². The molecule has 138 valence electrons. The van der Waals surface area contributed by atoms with Gasteiger partial charge in [-0.1, -0.05) is 51.9 Å². The highest BCUT2D eigenvalue weighted by atomic mass is 16.5. The van der Waals surface area contributed by atoms with E-state index in [0.717, 1.165) is 12.8 Å². The molecule has 4 heteroatoms. The lowest BCUT2D eigenvalue weighted by atomic mass is 10.1. The van der Waals surface area contributed by atoms with Crippen molar-refractivity contribution >= 4 is 5.97 Å². The molecule has 0 fully saturated rings. The first-order chi connectivity index (χ1) is 11.2. The fourth-order valence-corrected chi connectivity index (χ4v) is 2.26. The topological polar surface area (TPSA) is 44.8 Å². The monoisotopic (exact) mass is 330 g/mol. The highest BCUT2D eigenvalue weighted by Gasteiger charge is 2.02. The van der Waals surface area contributed by atoms with E-state index in [2.05, 4.69) is 6.92 Å². The van der Waals surface area contributed by atoms with E-state index in [1.54, 1.807) is 0 Å². The van der Waals surface area contributed by atoms with Crippen LogP contribution in [0.1, 0.15) is 85.0 Å². The van der Waals surface area contributed by atoms with Crippen molar-refractivity contribution < 1.29 is 19.0 Å². The molecule has 23 heavy (non-hydrogen) atoms. The van der Waals surface area contributed by atoms with Crippen LogP contribution in [-0.2, 0) is 19.0 Å². The lowest BCUT2D eigenvalue weighted by molar-refractivity contribution is -0.144. The van der Waals surface area contributed by atoms with E-state index in [-0.39, 0.29) is 12.1 Å². The number of hydrogen-bond acceptors (Lipinski definition) is 4. The van der Waals surface area contributed by atoms with E-state index in [0.29, 0.717) is 32.8 Å². The van der Waals surface area contributed by atoms with Gasteiger partial charge >= 0.3 is 5.97 Å². The summed E-state index contributed by atoms with van der Waals surface area (Å²) >= 11 is 0. The lowest BCUT2D eigenvalue weighted by Gasteiger charge is -2.08. The molecular formula is C19H38O4. The minimum absolute atomic E-state index is 0.102. The molecule has 0 spiro atoms. The maximum Gasteiger partial charge on any atom is 0.305 e. The molecular weight excluding hydrogens is 292 g/mol. The summed E-state index contributed by atoms with van der Waals surface area (Å²) < 4.78 is 16.0. The summed E-state index contributed by atoms with van der Waals surface area (Å²) in [6.07, 6.45) is 11.5. The first-order valence-electron chi connectivity index (χ1n) is 9.51. The summed E-state index contributed by atoms with van der Waals surface area (Å²) in [5.41, 5.74) is 0. The Labute approximate surface area is 143 Å². The van der Waals surface area contributed by atoms with Crippen LogP contribution in [0.2, 0.25) is 0 Å². The van der Waals surface area contributed by atoms with Gasteiger partial charge in [0.1, 0.15) is 0 Å².